The average molecular weight is 397 g/mol. The van der Waals surface area contributed by atoms with E-state index in [9.17, 15) is 4.79 Å². The molecule has 1 aliphatic heterocycles. The number of halogens is 1. The first-order chi connectivity index (χ1) is 13.0. The largest absolute Gasteiger partial charge is 0.493 e. The first-order valence-corrected chi connectivity index (χ1v) is 9.59. The number of nitrogens with two attached hydrogens (primary N) is 1. The van der Waals surface area contributed by atoms with E-state index in [2.05, 4.69) is 15.2 Å². The quantitative estimate of drug-likeness (QED) is 0.545. The summed E-state index contributed by atoms with van der Waals surface area (Å²) in [5.41, 5.74) is 6.31. The number of guanidine groups is 1. The van der Waals surface area contributed by atoms with Crippen LogP contribution in [0.25, 0.3) is 0 Å². The van der Waals surface area contributed by atoms with Gasteiger partial charge in [-0.3, -0.25) is 9.79 Å². The van der Waals surface area contributed by atoms with E-state index in [1.807, 2.05) is 19.1 Å². The molecule has 1 saturated heterocycles. The fraction of sp³-hybridized carbons (Fsp3) is 0.579. The molecule has 150 valence electrons. The number of piperidine rings is 1. The molecule has 1 heterocycles. The van der Waals surface area contributed by atoms with E-state index in [0.29, 0.717) is 36.1 Å². The fourth-order valence-corrected chi connectivity index (χ4v) is 3.67. The zero-order chi connectivity index (χ0) is 19.8. The topological polar surface area (TPSA) is 89.2 Å². The Balaban J connectivity index is 2.03. The van der Waals surface area contributed by atoms with E-state index >= 15 is 0 Å². The van der Waals surface area contributed by atoms with Crippen molar-refractivity contribution >= 4 is 23.5 Å². The second-order valence-electron chi connectivity index (χ2n) is 6.57. The highest BCUT2D eigenvalue weighted by atomic mass is 35.5. The molecule has 0 radical (unpaired) electrons. The number of ether oxygens (including phenoxy) is 2. The Labute approximate surface area is 165 Å². The van der Waals surface area contributed by atoms with Gasteiger partial charge in [0.15, 0.2) is 17.5 Å². The molecule has 1 amide bonds. The predicted octanol–water partition coefficient (Wildman–Crippen LogP) is 2.41. The molecule has 1 fully saturated rings. The van der Waals surface area contributed by atoms with Crippen molar-refractivity contribution in [3.05, 3.63) is 22.7 Å². The van der Waals surface area contributed by atoms with Gasteiger partial charge in [0.2, 0.25) is 5.91 Å². The van der Waals surface area contributed by atoms with Crippen molar-refractivity contribution in [3.8, 4) is 11.5 Å². The van der Waals surface area contributed by atoms with Crippen LogP contribution in [-0.4, -0.2) is 50.6 Å². The van der Waals surface area contributed by atoms with Crippen LogP contribution >= 0.6 is 11.6 Å². The Kier molecular flexibility index (Phi) is 8.03. The molecule has 7 nitrogen and oxygen atoms in total. The van der Waals surface area contributed by atoms with Crippen molar-refractivity contribution in [2.75, 3.05) is 33.9 Å². The summed E-state index contributed by atoms with van der Waals surface area (Å²) in [4.78, 5) is 17.8. The summed E-state index contributed by atoms with van der Waals surface area (Å²) in [5.74, 6) is 1.99. The van der Waals surface area contributed by atoms with Crippen LogP contribution in [0.4, 0.5) is 0 Å². The number of primary amides is 1. The highest BCUT2D eigenvalue weighted by molar-refractivity contribution is 6.32. The minimum absolute atomic E-state index is 0.249. The zero-order valence-electron chi connectivity index (χ0n) is 16.3. The summed E-state index contributed by atoms with van der Waals surface area (Å²) < 4.78 is 11.0. The third-order valence-electron chi connectivity index (χ3n) is 4.55. The second-order valence-corrected chi connectivity index (χ2v) is 6.97. The molecule has 0 aromatic heterocycles. The van der Waals surface area contributed by atoms with Gasteiger partial charge in [0.05, 0.1) is 18.7 Å². The maximum atomic E-state index is 11.2. The first kappa shape index (κ1) is 21.2. The van der Waals surface area contributed by atoms with Gasteiger partial charge < -0.3 is 25.4 Å². The molecular formula is C19H29ClN4O3. The van der Waals surface area contributed by atoms with Gasteiger partial charge in [-0.1, -0.05) is 11.6 Å². The van der Waals surface area contributed by atoms with Crippen molar-refractivity contribution < 1.29 is 14.3 Å². The molecule has 1 aromatic rings. The van der Waals surface area contributed by atoms with E-state index in [-0.39, 0.29) is 11.8 Å². The van der Waals surface area contributed by atoms with Crippen LogP contribution < -0.4 is 20.5 Å². The lowest BCUT2D eigenvalue weighted by Crippen LogP contribution is -2.46. The highest BCUT2D eigenvalue weighted by Gasteiger charge is 2.23. The predicted molar refractivity (Wildman–Crippen MR) is 107 cm³/mol. The minimum atomic E-state index is -0.249. The number of rotatable bonds is 7. The van der Waals surface area contributed by atoms with Gasteiger partial charge in [0, 0.05) is 33.1 Å². The summed E-state index contributed by atoms with van der Waals surface area (Å²) in [7, 11) is 3.35. The van der Waals surface area contributed by atoms with Gasteiger partial charge in [-0.25, -0.2) is 0 Å². The molecule has 2 rings (SSSR count). The first-order valence-electron chi connectivity index (χ1n) is 9.21. The Morgan fingerprint density at radius 3 is 2.89 bits per heavy atom. The van der Waals surface area contributed by atoms with Gasteiger partial charge in [-0.15, -0.1) is 0 Å². The van der Waals surface area contributed by atoms with Crippen LogP contribution in [0.15, 0.2) is 17.1 Å². The second kappa shape index (κ2) is 10.3. The number of nitrogens with one attached hydrogen (secondary N) is 1. The number of likely N-dealkylation sites (tertiary alicyclic amines) is 1. The number of carbonyl (C=O) groups excluding carboxylic acids is 1. The Hall–Kier alpha value is -2.15. The van der Waals surface area contributed by atoms with Gasteiger partial charge in [-0.2, -0.15) is 0 Å². The number of carbonyl (C=O) groups is 1. The van der Waals surface area contributed by atoms with Crippen molar-refractivity contribution in [1.29, 1.82) is 0 Å². The van der Waals surface area contributed by atoms with E-state index in [1.165, 1.54) is 0 Å². The summed E-state index contributed by atoms with van der Waals surface area (Å²) >= 11 is 6.34. The smallest absolute Gasteiger partial charge is 0.217 e. The summed E-state index contributed by atoms with van der Waals surface area (Å²) in [6, 6.07) is 3.77. The SMILES string of the molecule is CCOc1c(Cl)cc(CNC(=NC)N2CCCC(CC(N)=O)C2)cc1OC. The maximum Gasteiger partial charge on any atom is 0.217 e. The normalized spacial score (nSPS) is 17.6. The lowest BCUT2D eigenvalue weighted by Gasteiger charge is -2.34. The molecule has 27 heavy (non-hydrogen) atoms. The van der Waals surface area contributed by atoms with Crippen molar-refractivity contribution in [2.24, 2.45) is 16.6 Å². The molecule has 0 aliphatic carbocycles. The highest BCUT2D eigenvalue weighted by Crippen LogP contribution is 2.36. The average Bonchev–Trinajstić information content (AvgIpc) is 2.64. The van der Waals surface area contributed by atoms with Crippen LogP contribution in [-0.2, 0) is 11.3 Å². The number of nitrogens with zero attached hydrogens (tertiary/aromatic N) is 2. The van der Waals surface area contributed by atoms with E-state index < -0.39 is 0 Å². The maximum absolute atomic E-state index is 11.2. The lowest BCUT2D eigenvalue weighted by atomic mass is 9.95. The summed E-state index contributed by atoms with van der Waals surface area (Å²) in [6.45, 7) is 4.64. The van der Waals surface area contributed by atoms with E-state index in [0.717, 1.165) is 37.5 Å². The number of benzene rings is 1. The van der Waals surface area contributed by atoms with E-state index in [1.54, 1.807) is 14.2 Å². The molecule has 0 bridgehead atoms. The number of hydrogen-bond donors (Lipinski definition) is 2. The number of hydrogen-bond acceptors (Lipinski definition) is 4. The molecule has 1 atom stereocenters. The summed E-state index contributed by atoms with van der Waals surface area (Å²) in [5, 5.41) is 3.88. The van der Waals surface area contributed by atoms with Crippen LogP contribution in [0.1, 0.15) is 31.7 Å². The lowest BCUT2D eigenvalue weighted by molar-refractivity contribution is -0.119. The molecule has 0 spiro atoms. The Morgan fingerprint density at radius 1 is 1.48 bits per heavy atom. The number of aliphatic imine (C=N–C) groups is 1. The third kappa shape index (κ3) is 5.92. The molecular weight excluding hydrogens is 368 g/mol. The van der Waals surface area contributed by atoms with Gasteiger partial charge in [0.25, 0.3) is 0 Å². The number of methoxy groups -OCH3 is 1. The molecule has 1 aliphatic rings. The summed E-state index contributed by atoms with van der Waals surface area (Å²) in [6.07, 6.45) is 2.45. The minimum Gasteiger partial charge on any atom is -0.493 e. The standard InChI is InChI=1S/C19H29ClN4O3/c1-4-27-18-15(20)8-14(9-16(18)26-3)11-23-19(22-2)24-7-5-6-13(12-24)10-17(21)25/h8-9,13H,4-7,10-12H2,1-3H3,(H2,21,25)(H,22,23). The van der Waals surface area contributed by atoms with Crippen molar-refractivity contribution in [2.45, 2.75) is 32.7 Å². The van der Waals surface area contributed by atoms with Gasteiger partial charge in [0.1, 0.15) is 0 Å². The van der Waals surface area contributed by atoms with Crippen molar-refractivity contribution in [3.63, 3.8) is 0 Å². The number of amides is 1. The zero-order valence-corrected chi connectivity index (χ0v) is 17.0. The molecule has 3 N–H and O–H groups in total. The third-order valence-corrected chi connectivity index (χ3v) is 4.83. The van der Waals surface area contributed by atoms with Crippen molar-refractivity contribution in [1.82, 2.24) is 10.2 Å². The molecule has 1 aromatic carbocycles. The Morgan fingerprint density at radius 2 is 2.26 bits per heavy atom. The molecule has 1 unspecified atom stereocenters. The van der Waals surface area contributed by atoms with Gasteiger partial charge in [-0.05, 0) is 43.4 Å². The molecule has 0 saturated carbocycles. The monoisotopic (exact) mass is 396 g/mol. The van der Waals surface area contributed by atoms with Crippen LogP contribution in [0, 0.1) is 5.92 Å². The van der Waals surface area contributed by atoms with Crippen LogP contribution in [0.2, 0.25) is 5.02 Å². The Bertz CT molecular complexity index is 681. The van der Waals surface area contributed by atoms with Gasteiger partial charge >= 0.3 is 0 Å². The fourth-order valence-electron chi connectivity index (χ4n) is 3.38. The van der Waals surface area contributed by atoms with Crippen LogP contribution in [0.5, 0.6) is 11.5 Å². The van der Waals surface area contributed by atoms with E-state index in [4.69, 9.17) is 26.8 Å². The molecule has 8 heteroatoms. The van der Waals surface area contributed by atoms with Crippen LogP contribution in [0.3, 0.4) is 0 Å².